The first-order valence-electron chi connectivity index (χ1n) is 8.78. The highest BCUT2D eigenvalue weighted by Crippen LogP contribution is 2.25. The number of anilines is 2. The predicted octanol–water partition coefficient (Wildman–Crippen LogP) is 4.28. The van der Waals surface area contributed by atoms with Gasteiger partial charge < -0.3 is 19.7 Å². The fourth-order valence-electron chi connectivity index (χ4n) is 3.17. The Kier molecular flexibility index (Phi) is 5.91. The zero-order valence-electron chi connectivity index (χ0n) is 15.2. The molecule has 27 heavy (non-hydrogen) atoms. The Balaban J connectivity index is 1.76. The minimum atomic E-state index is -2.86. The maximum Gasteiger partial charge on any atom is 0.387 e. The number of amides is 1. The molecule has 1 amide bonds. The van der Waals surface area contributed by atoms with Crippen LogP contribution in [0.25, 0.3) is 0 Å². The van der Waals surface area contributed by atoms with Gasteiger partial charge in [0.15, 0.2) is 0 Å². The van der Waals surface area contributed by atoms with Gasteiger partial charge in [-0.1, -0.05) is 12.1 Å². The molecule has 0 spiro atoms. The van der Waals surface area contributed by atoms with E-state index in [1.165, 1.54) is 12.1 Å². The van der Waals surface area contributed by atoms with Gasteiger partial charge in [0.05, 0.1) is 23.5 Å². The van der Waals surface area contributed by atoms with Crippen LogP contribution in [0.15, 0.2) is 48.5 Å². The third kappa shape index (κ3) is 4.95. The second-order valence-electron chi connectivity index (χ2n) is 6.54. The molecule has 3 rings (SSSR count). The van der Waals surface area contributed by atoms with Gasteiger partial charge in [-0.05, 0) is 50.2 Å². The van der Waals surface area contributed by atoms with E-state index in [4.69, 9.17) is 4.74 Å². The van der Waals surface area contributed by atoms with Crippen molar-refractivity contribution in [1.29, 1.82) is 0 Å². The molecule has 7 heteroatoms. The van der Waals surface area contributed by atoms with E-state index in [9.17, 15) is 13.6 Å². The van der Waals surface area contributed by atoms with Crippen LogP contribution in [0.4, 0.5) is 20.2 Å². The highest BCUT2D eigenvalue weighted by atomic mass is 19.3. The van der Waals surface area contributed by atoms with Crippen LogP contribution in [0, 0.1) is 0 Å². The summed E-state index contributed by atoms with van der Waals surface area (Å²) in [6.45, 7) is 2.11. The van der Waals surface area contributed by atoms with Crippen molar-refractivity contribution in [3.8, 4) is 5.75 Å². The van der Waals surface area contributed by atoms with Crippen LogP contribution in [0.5, 0.6) is 5.75 Å². The van der Waals surface area contributed by atoms with Gasteiger partial charge >= 0.3 is 6.61 Å². The molecule has 2 atom stereocenters. The smallest absolute Gasteiger partial charge is 0.387 e. The van der Waals surface area contributed by atoms with Gasteiger partial charge in [0.25, 0.3) is 5.91 Å². The fourth-order valence-corrected chi connectivity index (χ4v) is 3.17. The van der Waals surface area contributed by atoms with Crippen molar-refractivity contribution in [2.45, 2.75) is 32.7 Å². The summed E-state index contributed by atoms with van der Waals surface area (Å²) in [7, 11) is 0. The average Bonchev–Trinajstić information content (AvgIpc) is 2.62. The lowest BCUT2D eigenvalue weighted by atomic mass is 10.1. The maximum atomic E-state index is 13.0. The largest absolute Gasteiger partial charge is 0.435 e. The van der Waals surface area contributed by atoms with Crippen molar-refractivity contribution in [2.75, 3.05) is 18.4 Å². The molecule has 0 unspecified atom stereocenters. The second-order valence-corrected chi connectivity index (χ2v) is 6.54. The number of ether oxygens (including phenoxy) is 2. The van der Waals surface area contributed by atoms with Crippen LogP contribution in [-0.2, 0) is 4.74 Å². The van der Waals surface area contributed by atoms with Gasteiger partial charge in [-0.2, -0.15) is 8.78 Å². The standard InChI is InChI=1S/C20H22F2N2O3/c1-13-11-24(12-14(2)26-13)19(25)17-5-3-4-6-18(17)23-15-7-9-16(10-8-15)27-20(21)22/h3-10,13-14,20,23H,11-12H2,1-2H3/t13-,14+. The molecule has 0 aromatic heterocycles. The van der Waals surface area contributed by atoms with Gasteiger partial charge in [0, 0.05) is 18.8 Å². The van der Waals surface area contributed by atoms with E-state index in [-0.39, 0.29) is 23.9 Å². The SMILES string of the molecule is C[C@@H]1CN(C(=O)c2ccccc2Nc2ccc(OC(F)F)cc2)C[C@H](C)O1. The number of carbonyl (C=O) groups is 1. The zero-order chi connectivity index (χ0) is 19.4. The van der Waals surface area contributed by atoms with E-state index in [1.807, 2.05) is 32.0 Å². The van der Waals surface area contributed by atoms with Gasteiger partial charge in [0.2, 0.25) is 0 Å². The molecule has 1 aliphatic heterocycles. The van der Waals surface area contributed by atoms with Gasteiger partial charge in [-0.15, -0.1) is 0 Å². The lowest BCUT2D eigenvalue weighted by Gasteiger charge is -2.35. The molecule has 2 aromatic carbocycles. The Morgan fingerprint density at radius 2 is 1.74 bits per heavy atom. The zero-order valence-corrected chi connectivity index (χ0v) is 15.2. The van der Waals surface area contributed by atoms with E-state index in [0.29, 0.717) is 30.0 Å². The fraction of sp³-hybridized carbons (Fsp3) is 0.350. The van der Waals surface area contributed by atoms with Crippen LogP contribution in [-0.4, -0.2) is 42.7 Å². The van der Waals surface area contributed by atoms with Crippen LogP contribution in [0.1, 0.15) is 24.2 Å². The molecular formula is C20H22F2N2O3. The first-order valence-corrected chi connectivity index (χ1v) is 8.78. The van der Waals surface area contributed by atoms with Crippen molar-refractivity contribution < 1.29 is 23.0 Å². The Morgan fingerprint density at radius 3 is 2.37 bits per heavy atom. The number of rotatable bonds is 5. The summed E-state index contributed by atoms with van der Waals surface area (Å²) in [5.41, 5.74) is 1.86. The highest BCUT2D eigenvalue weighted by molar-refractivity contribution is 6.00. The lowest BCUT2D eigenvalue weighted by molar-refractivity contribution is -0.0585. The minimum absolute atomic E-state index is 0.0137. The van der Waals surface area contributed by atoms with E-state index >= 15 is 0 Å². The Bertz CT molecular complexity index is 773. The molecule has 0 saturated carbocycles. The summed E-state index contributed by atoms with van der Waals surface area (Å²) >= 11 is 0. The number of nitrogens with zero attached hydrogens (tertiary/aromatic N) is 1. The third-order valence-electron chi connectivity index (χ3n) is 4.22. The average molecular weight is 376 g/mol. The molecule has 1 heterocycles. The molecule has 5 nitrogen and oxygen atoms in total. The summed E-state index contributed by atoms with van der Waals surface area (Å²) in [5.74, 6) is 0.00829. The topological polar surface area (TPSA) is 50.8 Å². The molecule has 0 aliphatic carbocycles. The van der Waals surface area contributed by atoms with Gasteiger partial charge in [0.1, 0.15) is 5.75 Å². The molecule has 144 valence electrons. The number of benzene rings is 2. The van der Waals surface area contributed by atoms with E-state index in [0.717, 1.165) is 0 Å². The second kappa shape index (κ2) is 8.35. The third-order valence-corrected chi connectivity index (χ3v) is 4.22. The molecule has 1 N–H and O–H groups in total. The summed E-state index contributed by atoms with van der Waals surface area (Å²) in [6.07, 6.45) is -0.0274. The summed E-state index contributed by atoms with van der Waals surface area (Å²) in [4.78, 5) is 14.8. The Hall–Kier alpha value is -2.67. The minimum Gasteiger partial charge on any atom is -0.435 e. The Labute approximate surface area is 156 Å². The lowest BCUT2D eigenvalue weighted by Crippen LogP contribution is -2.48. The van der Waals surface area contributed by atoms with Crippen molar-refractivity contribution >= 4 is 17.3 Å². The van der Waals surface area contributed by atoms with E-state index in [2.05, 4.69) is 10.1 Å². The maximum absolute atomic E-state index is 13.0. The molecule has 1 aliphatic rings. The molecule has 1 saturated heterocycles. The van der Waals surface area contributed by atoms with Crippen molar-refractivity contribution in [3.05, 3.63) is 54.1 Å². The summed E-state index contributed by atoms with van der Waals surface area (Å²) in [5, 5.41) is 3.17. The van der Waals surface area contributed by atoms with E-state index < -0.39 is 6.61 Å². The summed E-state index contributed by atoms with van der Waals surface area (Å²) in [6, 6.07) is 13.4. The predicted molar refractivity (Wildman–Crippen MR) is 98.7 cm³/mol. The monoisotopic (exact) mass is 376 g/mol. The number of hydrogen-bond acceptors (Lipinski definition) is 4. The Morgan fingerprint density at radius 1 is 1.11 bits per heavy atom. The molecule has 2 aromatic rings. The summed E-state index contributed by atoms with van der Waals surface area (Å²) < 4.78 is 34.5. The molecule has 1 fully saturated rings. The van der Waals surface area contributed by atoms with Crippen LogP contribution in [0.3, 0.4) is 0 Å². The molecule has 0 radical (unpaired) electrons. The quantitative estimate of drug-likeness (QED) is 0.846. The van der Waals surface area contributed by atoms with Crippen molar-refractivity contribution in [3.63, 3.8) is 0 Å². The van der Waals surface area contributed by atoms with Crippen molar-refractivity contribution in [1.82, 2.24) is 4.90 Å². The van der Waals surface area contributed by atoms with E-state index in [1.54, 1.807) is 23.1 Å². The highest BCUT2D eigenvalue weighted by Gasteiger charge is 2.27. The van der Waals surface area contributed by atoms with Crippen molar-refractivity contribution in [2.24, 2.45) is 0 Å². The number of nitrogens with one attached hydrogen (secondary N) is 1. The first-order chi connectivity index (χ1) is 12.9. The first kappa shape index (κ1) is 19.1. The van der Waals surface area contributed by atoms with Crippen LogP contribution >= 0.6 is 0 Å². The number of halogens is 2. The molecule has 0 bridgehead atoms. The van der Waals surface area contributed by atoms with Gasteiger partial charge in [-0.25, -0.2) is 0 Å². The molecular weight excluding hydrogens is 354 g/mol. The van der Waals surface area contributed by atoms with Crippen LogP contribution in [0.2, 0.25) is 0 Å². The van der Waals surface area contributed by atoms with Gasteiger partial charge in [-0.3, -0.25) is 4.79 Å². The normalized spacial score (nSPS) is 19.8. The number of hydrogen-bond donors (Lipinski definition) is 1. The van der Waals surface area contributed by atoms with Crippen LogP contribution < -0.4 is 10.1 Å². The number of morpholine rings is 1. The number of para-hydroxylation sites is 1. The number of carbonyl (C=O) groups excluding carboxylic acids is 1. The number of alkyl halides is 2.